The highest BCUT2D eigenvalue weighted by Gasteiger charge is 2.09. The second-order valence-corrected chi connectivity index (χ2v) is 3.76. The molecule has 6 heteroatoms. The van der Waals surface area contributed by atoms with E-state index in [0.717, 1.165) is 0 Å². The number of carbonyl (C=O) groups is 2. The van der Waals surface area contributed by atoms with Gasteiger partial charge in [0.25, 0.3) is 0 Å². The summed E-state index contributed by atoms with van der Waals surface area (Å²) in [6.45, 7) is 0.768. The highest BCUT2D eigenvalue weighted by molar-refractivity contribution is 6.03. The van der Waals surface area contributed by atoms with Gasteiger partial charge in [-0.2, -0.15) is 5.26 Å². The molecule has 0 saturated carbocycles. The number of amides is 2. The smallest absolute Gasteiger partial charge is 0.233 e. The van der Waals surface area contributed by atoms with Gasteiger partial charge in [-0.25, -0.2) is 0 Å². The molecule has 2 N–H and O–H groups in total. The maximum Gasteiger partial charge on any atom is 0.233 e. The molecule has 1 aromatic rings. The van der Waals surface area contributed by atoms with Crippen LogP contribution < -0.4 is 10.6 Å². The molecule has 6 nitrogen and oxygen atoms in total. The summed E-state index contributed by atoms with van der Waals surface area (Å²) in [7, 11) is 1.53. The minimum absolute atomic E-state index is 0.263. The SMILES string of the molecule is COCCNC(=O)CC(=O)Nc1cccc(C#N)c1. The number of nitriles is 1. The lowest BCUT2D eigenvalue weighted by atomic mass is 10.2. The summed E-state index contributed by atoms with van der Waals surface area (Å²) in [6.07, 6.45) is -0.263. The Balaban J connectivity index is 2.42. The first kappa shape index (κ1) is 14.7. The maximum atomic E-state index is 11.6. The Morgan fingerprint density at radius 2 is 2.16 bits per heavy atom. The predicted molar refractivity (Wildman–Crippen MR) is 69.3 cm³/mol. The Morgan fingerprint density at radius 3 is 2.84 bits per heavy atom. The number of carbonyl (C=O) groups excluding carboxylic acids is 2. The van der Waals surface area contributed by atoms with E-state index in [4.69, 9.17) is 10.00 Å². The molecule has 1 rings (SSSR count). The van der Waals surface area contributed by atoms with E-state index < -0.39 is 5.91 Å². The molecule has 0 aliphatic heterocycles. The lowest BCUT2D eigenvalue weighted by Crippen LogP contribution is -2.30. The number of nitrogens with one attached hydrogen (secondary N) is 2. The molecule has 0 unspecified atom stereocenters. The predicted octanol–water partition coefficient (Wildman–Crippen LogP) is 0.649. The quantitative estimate of drug-likeness (QED) is 0.581. The third-order valence-corrected chi connectivity index (χ3v) is 2.22. The Hall–Kier alpha value is -2.39. The van der Waals surface area contributed by atoms with Gasteiger partial charge in [-0.3, -0.25) is 9.59 Å². The Labute approximate surface area is 111 Å². The van der Waals surface area contributed by atoms with Crippen LogP contribution in [0, 0.1) is 11.3 Å². The number of rotatable bonds is 6. The summed E-state index contributed by atoms with van der Waals surface area (Å²) in [4.78, 5) is 22.9. The van der Waals surface area contributed by atoms with E-state index in [0.29, 0.717) is 24.4 Å². The third-order valence-electron chi connectivity index (χ3n) is 2.22. The van der Waals surface area contributed by atoms with E-state index in [1.54, 1.807) is 24.3 Å². The molecule has 0 atom stereocenters. The van der Waals surface area contributed by atoms with E-state index >= 15 is 0 Å². The molecule has 0 spiro atoms. The molecule has 0 fully saturated rings. The zero-order valence-corrected chi connectivity index (χ0v) is 10.6. The van der Waals surface area contributed by atoms with Crippen molar-refractivity contribution >= 4 is 17.5 Å². The summed E-state index contributed by atoms with van der Waals surface area (Å²) in [5, 5.41) is 13.8. The molecule has 100 valence electrons. The zero-order chi connectivity index (χ0) is 14.1. The maximum absolute atomic E-state index is 11.6. The van der Waals surface area contributed by atoms with Crippen LogP contribution in [0.3, 0.4) is 0 Å². The van der Waals surface area contributed by atoms with Gasteiger partial charge >= 0.3 is 0 Å². The number of methoxy groups -OCH3 is 1. The molecule has 1 aromatic carbocycles. The number of benzene rings is 1. The fraction of sp³-hybridized carbons (Fsp3) is 0.308. The van der Waals surface area contributed by atoms with Gasteiger partial charge in [-0.15, -0.1) is 0 Å². The lowest BCUT2D eigenvalue weighted by molar-refractivity contribution is -0.126. The molecule has 0 aliphatic rings. The Kier molecular flexibility index (Phi) is 6.06. The van der Waals surface area contributed by atoms with Gasteiger partial charge in [0.2, 0.25) is 11.8 Å². The summed E-state index contributed by atoms with van der Waals surface area (Å²) in [5.74, 6) is -0.795. The molecule has 0 heterocycles. The van der Waals surface area contributed by atoms with Crippen LogP contribution in [0.15, 0.2) is 24.3 Å². The van der Waals surface area contributed by atoms with Gasteiger partial charge in [0.1, 0.15) is 6.42 Å². The highest BCUT2D eigenvalue weighted by Crippen LogP contribution is 2.09. The van der Waals surface area contributed by atoms with Crippen molar-refractivity contribution in [1.82, 2.24) is 5.32 Å². The van der Waals surface area contributed by atoms with Crippen molar-refractivity contribution in [2.75, 3.05) is 25.6 Å². The van der Waals surface area contributed by atoms with Gasteiger partial charge in [0.15, 0.2) is 0 Å². The Bertz CT molecular complexity index is 494. The molecule has 0 saturated heterocycles. The van der Waals surface area contributed by atoms with Crippen LogP contribution in [0.2, 0.25) is 0 Å². The second-order valence-electron chi connectivity index (χ2n) is 3.76. The van der Waals surface area contributed by atoms with Crippen molar-refractivity contribution in [3.8, 4) is 6.07 Å². The fourth-order valence-electron chi connectivity index (χ4n) is 1.37. The number of hydrogen-bond donors (Lipinski definition) is 2. The van der Waals surface area contributed by atoms with Crippen LogP contribution >= 0.6 is 0 Å². The van der Waals surface area contributed by atoms with Crippen molar-refractivity contribution in [1.29, 1.82) is 5.26 Å². The molecule has 0 aliphatic carbocycles. The normalized spacial score (nSPS) is 9.47. The van der Waals surface area contributed by atoms with Crippen molar-refractivity contribution < 1.29 is 14.3 Å². The largest absolute Gasteiger partial charge is 0.383 e. The van der Waals surface area contributed by atoms with Crippen LogP contribution in [0.25, 0.3) is 0 Å². The lowest BCUT2D eigenvalue weighted by Gasteiger charge is -2.06. The average molecular weight is 261 g/mol. The van der Waals surface area contributed by atoms with Gasteiger partial charge < -0.3 is 15.4 Å². The van der Waals surface area contributed by atoms with Gasteiger partial charge in [-0.05, 0) is 18.2 Å². The van der Waals surface area contributed by atoms with E-state index in [1.807, 2.05) is 6.07 Å². The van der Waals surface area contributed by atoms with Crippen LogP contribution in [-0.2, 0) is 14.3 Å². The molecule has 2 amide bonds. The van der Waals surface area contributed by atoms with Crippen molar-refractivity contribution in [2.45, 2.75) is 6.42 Å². The second kappa shape index (κ2) is 7.84. The number of ether oxygens (including phenoxy) is 1. The minimum atomic E-state index is -0.426. The average Bonchev–Trinajstić information content (AvgIpc) is 2.39. The number of hydrogen-bond acceptors (Lipinski definition) is 4. The highest BCUT2D eigenvalue weighted by atomic mass is 16.5. The van der Waals surface area contributed by atoms with E-state index in [-0.39, 0.29) is 12.3 Å². The van der Waals surface area contributed by atoms with Gasteiger partial charge in [0.05, 0.1) is 18.2 Å². The van der Waals surface area contributed by atoms with E-state index in [2.05, 4.69) is 10.6 Å². The standard InChI is InChI=1S/C13H15N3O3/c1-19-6-5-15-12(17)8-13(18)16-11-4-2-3-10(7-11)9-14/h2-4,7H,5-6,8H2,1H3,(H,15,17)(H,16,18). The van der Waals surface area contributed by atoms with Crippen molar-refractivity contribution in [2.24, 2.45) is 0 Å². The van der Waals surface area contributed by atoms with Crippen LogP contribution in [0.4, 0.5) is 5.69 Å². The summed E-state index contributed by atoms with van der Waals surface area (Å²) in [5.41, 5.74) is 0.941. The van der Waals surface area contributed by atoms with Crippen molar-refractivity contribution in [3.63, 3.8) is 0 Å². The summed E-state index contributed by atoms with van der Waals surface area (Å²) >= 11 is 0. The van der Waals surface area contributed by atoms with E-state index in [1.165, 1.54) is 7.11 Å². The topological polar surface area (TPSA) is 91.2 Å². The molecule has 19 heavy (non-hydrogen) atoms. The first-order chi connectivity index (χ1) is 9.15. The van der Waals surface area contributed by atoms with Gasteiger partial charge in [-0.1, -0.05) is 6.07 Å². The fourth-order valence-corrected chi connectivity index (χ4v) is 1.37. The van der Waals surface area contributed by atoms with E-state index in [9.17, 15) is 9.59 Å². The number of anilines is 1. The molecule has 0 bridgehead atoms. The minimum Gasteiger partial charge on any atom is -0.383 e. The molecule has 0 radical (unpaired) electrons. The Morgan fingerprint density at radius 1 is 1.37 bits per heavy atom. The first-order valence-corrected chi connectivity index (χ1v) is 5.71. The first-order valence-electron chi connectivity index (χ1n) is 5.71. The van der Waals surface area contributed by atoms with Crippen LogP contribution in [-0.4, -0.2) is 32.1 Å². The molecular formula is C13H15N3O3. The molecular weight excluding hydrogens is 246 g/mol. The summed E-state index contributed by atoms with van der Waals surface area (Å²) < 4.78 is 4.77. The van der Waals surface area contributed by atoms with Crippen LogP contribution in [0.5, 0.6) is 0 Å². The number of nitrogens with zero attached hydrogens (tertiary/aromatic N) is 1. The van der Waals surface area contributed by atoms with Crippen molar-refractivity contribution in [3.05, 3.63) is 29.8 Å². The molecule has 0 aromatic heterocycles. The van der Waals surface area contributed by atoms with Crippen LogP contribution in [0.1, 0.15) is 12.0 Å². The van der Waals surface area contributed by atoms with Gasteiger partial charge in [0, 0.05) is 19.3 Å². The third kappa shape index (κ3) is 5.66. The monoisotopic (exact) mass is 261 g/mol. The zero-order valence-electron chi connectivity index (χ0n) is 10.6. The summed E-state index contributed by atoms with van der Waals surface area (Å²) in [6, 6.07) is 8.46.